The minimum atomic E-state index is -1.04. The van der Waals surface area contributed by atoms with Gasteiger partial charge in [-0.2, -0.15) is 0 Å². The standard InChI is InChI=1S/C13H11NO4/c1-7-5-9(13(17)18)3-4-10(7)14-11(15)6-8(2)12(14)16/h3-6H,1-2H3,(H,17,18). The van der Waals surface area contributed by atoms with Gasteiger partial charge in [-0.1, -0.05) is 0 Å². The van der Waals surface area contributed by atoms with E-state index < -0.39 is 11.9 Å². The van der Waals surface area contributed by atoms with Crippen molar-refractivity contribution in [3.05, 3.63) is 41.0 Å². The summed E-state index contributed by atoms with van der Waals surface area (Å²) >= 11 is 0. The second-order valence-electron chi connectivity index (χ2n) is 4.11. The first-order valence-electron chi connectivity index (χ1n) is 5.32. The maximum Gasteiger partial charge on any atom is 0.335 e. The minimum absolute atomic E-state index is 0.125. The SMILES string of the molecule is CC1=CC(=O)N(c2ccc(C(=O)O)cc2C)C1=O. The number of carboxylic acids is 1. The van der Waals surface area contributed by atoms with Crippen LogP contribution in [0.3, 0.4) is 0 Å². The summed E-state index contributed by atoms with van der Waals surface area (Å²) in [6, 6.07) is 4.28. The zero-order chi connectivity index (χ0) is 13.4. The van der Waals surface area contributed by atoms with E-state index in [9.17, 15) is 14.4 Å². The Kier molecular flexibility index (Phi) is 2.74. The number of aromatic carboxylic acids is 1. The number of imide groups is 1. The molecule has 0 saturated heterocycles. The van der Waals surface area contributed by atoms with Gasteiger partial charge in [-0.05, 0) is 37.6 Å². The highest BCUT2D eigenvalue weighted by Gasteiger charge is 2.30. The maximum absolute atomic E-state index is 11.8. The molecule has 0 aliphatic carbocycles. The van der Waals surface area contributed by atoms with Crippen molar-refractivity contribution in [1.82, 2.24) is 0 Å². The third-order valence-corrected chi connectivity index (χ3v) is 2.79. The molecule has 0 fully saturated rings. The van der Waals surface area contributed by atoms with Crippen LogP contribution in [0.5, 0.6) is 0 Å². The fourth-order valence-corrected chi connectivity index (χ4v) is 1.86. The van der Waals surface area contributed by atoms with Gasteiger partial charge in [0.1, 0.15) is 0 Å². The molecule has 5 nitrogen and oxygen atoms in total. The summed E-state index contributed by atoms with van der Waals surface area (Å²) in [4.78, 5) is 35.3. The fraction of sp³-hybridized carbons (Fsp3) is 0.154. The van der Waals surface area contributed by atoms with Crippen molar-refractivity contribution in [1.29, 1.82) is 0 Å². The summed E-state index contributed by atoms with van der Waals surface area (Å²) in [5.74, 6) is -1.81. The quantitative estimate of drug-likeness (QED) is 0.801. The molecule has 1 heterocycles. The molecule has 2 rings (SSSR count). The number of carbonyl (C=O) groups is 3. The molecule has 0 aromatic heterocycles. The number of nitrogens with zero attached hydrogens (tertiary/aromatic N) is 1. The minimum Gasteiger partial charge on any atom is -0.478 e. The molecule has 5 heteroatoms. The molecule has 0 bridgehead atoms. The van der Waals surface area contributed by atoms with E-state index in [-0.39, 0.29) is 11.5 Å². The maximum atomic E-state index is 11.8. The summed E-state index contributed by atoms with van der Waals surface area (Å²) in [7, 11) is 0. The van der Waals surface area contributed by atoms with Crippen LogP contribution in [0.25, 0.3) is 0 Å². The highest BCUT2D eigenvalue weighted by Crippen LogP contribution is 2.26. The molecule has 0 saturated carbocycles. The molecule has 18 heavy (non-hydrogen) atoms. The Morgan fingerprint density at radius 1 is 1.22 bits per heavy atom. The molecule has 2 amide bonds. The van der Waals surface area contributed by atoms with Gasteiger partial charge in [0.15, 0.2) is 0 Å². The number of carbonyl (C=O) groups excluding carboxylic acids is 2. The van der Waals surface area contributed by atoms with E-state index in [0.29, 0.717) is 16.8 Å². The highest BCUT2D eigenvalue weighted by atomic mass is 16.4. The van der Waals surface area contributed by atoms with Gasteiger partial charge in [-0.15, -0.1) is 0 Å². The second kappa shape index (κ2) is 4.10. The first-order chi connectivity index (χ1) is 8.41. The first-order valence-corrected chi connectivity index (χ1v) is 5.32. The van der Waals surface area contributed by atoms with Gasteiger partial charge >= 0.3 is 5.97 Å². The molecule has 0 unspecified atom stereocenters. The van der Waals surface area contributed by atoms with Crippen LogP contribution in [-0.2, 0) is 9.59 Å². The molecule has 1 aliphatic heterocycles. The molecule has 0 spiro atoms. The van der Waals surface area contributed by atoms with E-state index in [1.807, 2.05) is 0 Å². The van der Waals surface area contributed by atoms with E-state index in [2.05, 4.69) is 0 Å². The number of benzene rings is 1. The molecular weight excluding hydrogens is 234 g/mol. The largest absolute Gasteiger partial charge is 0.478 e. The highest BCUT2D eigenvalue weighted by molar-refractivity contribution is 6.30. The molecule has 0 atom stereocenters. The Bertz CT molecular complexity index is 601. The number of carboxylic acid groups (broad SMARTS) is 1. The van der Waals surface area contributed by atoms with Crippen LogP contribution in [0, 0.1) is 6.92 Å². The van der Waals surface area contributed by atoms with Crippen LogP contribution in [-0.4, -0.2) is 22.9 Å². The average molecular weight is 245 g/mol. The lowest BCUT2D eigenvalue weighted by Crippen LogP contribution is -2.31. The van der Waals surface area contributed by atoms with Gasteiger partial charge in [0, 0.05) is 11.6 Å². The molecule has 1 aromatic carbocycles. The number of hydrogen-bond donors (Lipinski definition) is 1. The summed E-state index contributed by atoms with van der Waals surface area (Å²) in [5.41, 5.74) is 1.49. The van der Waals surface area contributed by atoms with Gasteiger partial charge in [0.25, 0.3) is 11.8 Å². The third kappa shape index (κ3) is 1.79. The van der Waals surface area contributed by atoms with E-state index in [1.165, 1.54) is 24.3 Å². The first kappa shape index (κ1) is 12.0. The number of rotatable bonds is 2. The molecule has 1 aliphatic rings. The number of hydrogen-bond acceptors (Lipinski definition) is 3. The predicted molar refractivity (Wildman–Crippen MR) is 64.4 cm³/mol. The zero-order valence-electron chi connectivity index (χ0n) is 9.93. The Balaban J connectivity index is 2.45. The summed E-state index contributed by atoms with van der Waals surface area (Å²) in [6.07, 6.45) is 1.27. The smallest absolute Gasteiger partial charge is 0.335 e. The van der Waals surface area contributed by atoms with E-state index >= 15 is 0 Å². The van der Waals surface area contributed by atoms with Gasteiger partial charge in [-0.3, -0.25) is 9.59 Å². The number of anilines is 1. The molecule has 1 aromatic rings. The monoisotopic (exact) mass is 245 g/mol. The van der Waals surface area contributed by atoms with Crippen molar-refractivity contribution in [2.24, 2.45) is 0 Å². The van der Waals surface area contributed by atoms with Crippen LogP contribution < -0.4 is 4.90 Å². The predicted octanol–water partition coefficient (Wildman–Crippen LogP) is 1.51. The summed E-state index contributed by atoms with van der Waals surface area (Å²) in [6.45, 7) is 3.23. The van der Waals surface area contributed by atoms with Gasteiger partial charge in [-0.25, -0.2) is 9.69 Å². The van der Waals surface area contributed by atoms with E-state index in [1.54, 1.807) is 13.8 Å². The average Bonchev–Trinajstić information content (AvgIpc) is 2.54. The summed E-state index contributed by atoms with van der Waals surface area (Å²) in [5, 5.41) is 8.85. The van der Waals surface area contributed by atoms with Crippen LogP contribution in [0.15, 0.2) is 29.8 Å². The van der Waals surface area contributed by atoms with Gasteiger partial charge in [0.2, 0.25) is 0 Å². The number of aryl methyl sites for hydroxylation is 1. The van der Waals surface area contributed by atoms with Crippen molar-refractivity contribution < 1.29 is 19.5 Å². The lowest BCUT2D eigenvalue weighted by molar-refractivity contribution is -0.120. The van der Waals surface area contributed by atoms with Crippen molar-refractivity contribution >= 4 is 23.5 Å². The van der Waals surface area contributed by atoms with E-state index in [0.717, 1.165) is 4.90 Å². The molecular formula is C13H11NO4. The van der Waals surface area contributed by atoms with Crippen molar-refractivity contribution in [2.45, 2.75) is 13.8 Å². The molecule has 92 valence electrons. The lowest BCUT2D eigenvalue weighted by Gasteiger charge is -2.17. The topological polar surface area (TPSA) is 74.7 Å². The van der Waals surface area contributed by atoms with Crippen molar-refractivity contribution in [2.75, 3.05) is 4.90 Å². The third-order valence-electron chi connectivity index (χ3n) is 2.79. The Hall–Kier alpha value is -2.43. The normalized spacial score (nSPS) is 15.0. The van der Waals surface area contributed by atoms with Crippen LogP contribution in [0.1, 0.15) is 22.8 Å². The lowest BCUT2D eigenvalue weighted by atomic mass is 10.1. The van der Waals surface area contributed by atoms with E-state index in [4.69, 9.17) is 5.11 Å². The van der Waals surface area contributed by atoms with Gasteiger partial charge < -0.3 is 5.11 Å². The van der Waals surface area contributed by atoms with Gasteiger partial charge in [0.05, 0.1) is 11.3 Å². The van der Waals surface area contributed by atoms with Crippen molar-refractivity contribution in [3.8, 4) is 0 Å². The number of amides is 2. The Labute approximate surface area is 103 Å². The Morgan fingerprint density at radius 3 is 2.33 bits per heavy atom. The van der Waals surface area contributed by atoms with Crippen LogP contribution in [0.4, 0.5) is 5.69 Å². The fourth-order valence-electron chi connectivity index (χ4n) is 1.86. The van der Waals surface area contributed by atoms with Crippen molar-refractivity contribution in [3.63, 3.8) is 0 Å². The zero-order valence-corrected chi connectivity index (χ0v) is 9.93. The van der Waals surface area contributed by atoms with Crippen LogP contribution in [0.2, 0.25) is 0 Å². The summed E-state index contributed by atoms with van der Waals surface area (Å²) < 4.78 is 0. The second-order valence-corrected chi connectivity index (χ2v) is 4.11. The Morgan fingerprint density at radius 2 is 1.89 bits per heavy atom. The molecule has 1 N–H and O–H groups in total. The molecule has 0 radical (unpaired) electrons. The van der Waals surface area contributed by atoms with Crippen LogP contribution >= 0.6 is 0 Å².